The number of aliphatic hydroxyl groups is 1. The van der Waals surface area contributed by atoms with E-state index >= 15 is 0 Å². The standard InChI is InChI=1S/C18H26N2O/c1-5-17-16(18(6-2)20(19-17)7-8-21)12-15-10-13(3)9-14(4)11-15/h9-11,21H,5-8,12H2,1-4H3. The third-order valence-corrected chi connectivity index (χ3v) is 3.89. The highest BCUT2D eigenvalue weighted by molar-refractivity contribution is 5.36. The summed E-state index contributed by atoms with van der Waals surface area (Å²) in [6.07, 6.45) is 2.82. The molecule has 0 fully saturated rings. The summed E-state index contributed by atoms with van der Waals surface area (Å²) in [5, 5.41) is 13.9. The maximum atomic E-state index is 9.21. The van der Waals surface area contributed by atoms with Crippen LogP contribution in [0.4, 0.5) is 0 Å². The Morgan fingerprint density at radius 2 is 1.71 bits per heavy atom. The van der Waals surface area contributed by atoms with Gasteiger partial charge >= 0.3 is 0 Å². The van der Waals surface area contributed by atoms with Gasteiger partial charge in [-0.1, -0.05) is 43.2 Å². The first-order valence-corrected chi connectivity index (χ1v) is 7.84. The fourth-order valence-electron chi connectivity index (χ4n) is 3.13. The highest BCUT2D eigenvalue weighted by atomic mass is 16.3. The predicted octanol–water partition coefficient (Wildman–Crippen LogP) is 3.21. The Hall–Kier alpha value is -1.61. The maximum absolute atomic E-state index is 9.21. The van der Waals surface area contributed by atoms with E-state index in [4.69, 9.17) is 0 Å². The van der Waals surface area contributed by atoms with Crippen molar-refractivity contribution in [2.24, 2.45) is 0 Å². The molecule has 1 aromatic heterocycles. The van der Waals surface area contributed by atoms with Crippen LogP contribution >= 0.6 is 0 Å². The van der Waals surface area contributed by atoms with E-state index in [0.717, 1.165) is 19.3 Å². The van der Waals surface area contributed by atoms with Crippen LogP contribution in [-0.2, 0) is 25.8 Å². The Morgan fingerprint density at radius 1 is 1.05 bits per heavy atom. The Bertz CT molecular complexity index is 594. The quantitative estimate of drug-likeness (QED) is 0.885. The van der Waals surface area contributed by atoms with Crippen molar-refractivity contribution in [3.8, 4) is 0 Å². The highest BCUT2D eigenvalue weighted by Crippen LogP contribution is 2.21. The molecule has 2 aromatic rings. The Balaban J connectivity index is 2.41. The molecule has 0 aliphatic heterocycles. The second-order valence-electron chi connectivity index (χ2n) is 5.70. The van der Waals surface area contributed by atoms with Gasteiger partial charge in [0.2, 0.25) is 0 Å². The Labute approximate surface area is 127 Å². The number of aryl methyl sites for hydroxylation is 3. The van der Waals surface area contributed by atoms with Gasteiger partial charge in [-0.25, -0.2) is 0 Å². The summed E-state index contributed by atoms with van der Waals surface area (Å²) >= 11 is 0. The molecule has 0 bridgehead atoms. The van der Waals surface area contributed by atoms with E-state index in [1.807, 2.05) is 4.68 Å². The summed E-state index contributed by atoms with van der Waals surface area (Å²) in [5.41, 5.74) is 7.74. The molecule has 0 saturated heterocycles. The minimum Gasteiger partial charge on any atom is -0.394 e. The monoisotopic (exact) mass is 286 g/mol. The van der Waals surface area contributed by atoms with Gasteiger partial charge in [0.05, 0.1) is 18.8 Å². The van der Waals surface area contributed by atoms with Crippen LogP contribution in [0.5, 0.6) is 0 Å². The summed E-state index contributed by atoms with van der Waals surface area (Å²) in [5.74, 6) is 0. The van der Waals surface area contributed by atoms with E-state index in [2.05, 4.69) is 51.0 Å². The van der Waals surface area contributed by atoms with E-state index in [9.17, 15) is 5.11 Å². The number of benzene rings is 1. The molecule has 114 valence electrons. The van der Waals surface area contributed by atoms with Gasteiger partial charge in [-0.3, -0.25) is 4.68 Å². The van der Waals surface area contributed by atoms with Gasteiger partial charge in [-0.05, 0) is 32.3 Å². The average Bonchev–Trinajstić information content (AvgIpc) is 2.75. The van der Waals surface area contributed by atoms with Crippen molar-refractivity contribution in [1.82, 2.24) is 9.78 Å². The van der Waals surface area contributed by atoms with Gasteiger partial charge in [0.15, 0.2) is 0 Å². The van der Waals surface area contributed by atoms with Crippen molar-refractivity contribution in [1.29, 1.82) is 0 Å². The lowest BCUT2D eigenvalue weighted by atomic mass is 9.98. The molecule has 1 aromatic carbocycles. The van der Waals surface area contributed by atoms with Gasteiger partial charge in [-0.15, -0.1) is 0 Å². The van der Waals surface area contributed by atoms with E-state index in [0.29, 0.717) is 6.54 Å². The maximum Gasteiger partial charge on any atom is 0.0660 e. The molecule has 2 rings (SSSR count). The molecule has 1 heterocycles. The van der Waals surface area contributed by atoms with Crippen LogP contribution in [0.3, 0.4) is 0 Å². The van der Waals surface area contributed by atoms with Gasteiger partial charge in [0, 0.05) is 17.7 Å². The number of aromatic nitrogens is 2. The SMILES string of the molecule is CCc1nn(CCO)c(CC)c1Cc1cc(C)cc(C)c1. The molecule has 0 aliphatic carbocycles. The van der Waals surface area contributed by atoms with Crippen molar-refractivity contribution in [2.75, 3.05) is 6.61 Å². The van der Waals surface area contributed by atoms with Gasteiger partial charge in [0.25, 0.3) is 0 Å². The summed E-state index contributed by atoms with van der Waals surface area (Å²) in [6.45, 7) is 9.33. The summed E-state index contributed by atoms with van der Waals surface area (Å²) in [6, 6.07) is 6.73. The van der Waals surface area contributed by atoms with Gasteiger partial charge in [-0.2, -0.15) is 5.10 Å². The summed E-state index contributed by atoms with van der Waals surface area (Å²) in [4.78, 5) is 0. The lowest BCUT2D eigenvalue weighted by molar-refractivity contribution is 0.267. The smallest absolute Gasteiger partial charge is 0.0660 e. The second-order valence-corrected chi connectivity index (χ2v) is 5.70. The van der Waals surface area contributed by atoms with E-state index in [-0.39, 0.29) is 6.61 Å². The third-order valence-electron chi connectivity index (χ3n) is 3.89. The average molecular weight is 286 g/mol. The van der Waals surface area contributed by atoms with Crippen LogP contribution in [0.25, 0.3) is 0 Å². The first-order chi connectivity index (χ1) is 10.1. The van der Waals surface area contributed by atoms with Crippen molar-refractivity contribution in [3.63, 3.8) is 0 Å². The molecule has 0 saturated carbocycles. The normalized spacial score (nSPS) is 11.1. The van der Waals surface area contributed by atoms with Crippen molar-refractivity contribution in [3.05, 3.63) is 51.8 Å². The van der Waals surface area contributed by atoms with Crippen LogP contribution < -0.4 is 0 Å². The van der Waals surface area contributed by atoms with E-state index in [1.54, 1.807) is 0 Å². The summed E-state index contributed by atoms with van der Waals surface area (Å²) in [7, 11) is 0. The molecular formula is C18H26N2O. The van der Waals surface area contributed by atoms with Crippen molar-refractivity contribution < 1.29 is 5.11 Å². The molecule has 0 radical (unpaired) electrons. The predicted molar refractivity (Wildman–Crippen MR) is 86.8 cm³/mol. The molecule has 3 nitrogen and oxygen atoms in total. The fourth-order valence-corrected chi connectivity index (χ4v) is 3.13. The van der Waals surface area contributed by atoms with Crippen LogP contribution in [-0.4, -0.2) is 21.5 Å². The molecule has 0 unspecified atom stereocenters. The minimum atomic E-state index is 0.140. The molecular weight excluding hydrogens is 260 g/mol. The molecule has 0 amide bonds. The first kappa shape index (κ1) is 15.8. The zero-order chi connectivity index (χ0) is 15.4. The number of nitrogens with zero attached hydrogens (tertiary/aromatic N) is 2. The van der Waals surface area contributed by atoms with E-state index in [1.165, 1.54) is 33.6 Å². The van der Waals surface area contributed by atoms with Gasteiger partial charge < -0.3 is 5.11 Å². The number of hydrogen-bond acceptors (Lipinski definition) is 2. The summed E-state index contributed by atoms with van der Waals surface area (Å²) < 4.78 is 1.98. The van der Waals surface area contributed by atoms with Crippen LogP contribution in [0, 0.1) is 13.8 Å². The second kappa shape index (κ2) is 6.90. The molecule has 0 spiro atoms. The third kappa shape index (κ3) is 3.53. The highest BCUT2D eigenvalue weighted by Gasteiger charge is 2.15. The van der Waals surface area contributed by atoms with Crippen molar-refractivity contribution >= 4 is 0 Å². The van der Waals surface area contributed by atoms with Crippen molar-refractivity contribution in [2.45, 2.75) is 53.5 Å². The molecule has 21 heavy (non-hydrogen) atoms. The molecule has 0 aliphatic rings. The number of rotatable bonds is 6. The van der Waals surface area contributed by atoms with Crippen LogP contribution in [0.2, 0.25) is 0 Å². The van der Waals surface area contributed by atoms with Crippen LogP contribution in [0.1, 0.15) is 47.5 Å². The minimum absolute atomic E-state index is 0.140. The zero-order valence-electron chi connectivity index (χ0n) is 13.6. The number of aliphatic hydroxyl groups excluding tert-OH is 1. The lowest BCUT2D eigenvalue weighted by Gasteiger charge is -2.09. The number of hydrogen-bond donors (Lipinski definition) is 1. The molecule has 0 atom stereocenters. The fraction of sp³-hybridized carbons (Fsp3) is 0.500. The Morgan fingerprint density at radius 3 is 2.24 bits per heavy atom. The largest absolute Gasteiger partial charge is 0.394 e. The van der Waals surface area contributed by atoms with Crippen LogP contribution in [0.15, 0.2) is 18.2 Å². The topological polar surface area (TPSA) is 38.0 Å². The molecule has 1 N–H and O–H groups in total. The Kier molecular flexibility index (Phi) is 5.18. The molecule has 3 heteroatoms. The van der Waals surface area contributed by atoms with Gasteiger partial charge in [0.1, 0.15) is 0 Å². The lowest BCUT2D eigenvalue weighted by Crippen LogP contribution is -2.08. The zero-order valence-corrected chi connectivity index (χ0v) is 13.6. The first-order valence-electron chi connectivity index (χ1n) is 7.84. The van der Waals surface area contributed by atoms with E-state index < -0.39 is 0 Å².